The average Bonchev–Trinajstić information content (AvgIpc) is 3.07. The lowest BCUT2D eigenvalue weighted by Gasteiger charge is -2.06. The van der Waals surface area contributed by atoms with E-state index >= 15 is 0 Å². The Kier molecular flexibility index (Phi) is 3.20. The molecule has 98 valence electrons. The number of benzene rings is 1. The lowest BCUT2D eigenvalue weighted by molar-refractivity contribution is -0.114. The molecule has 2 aromatic rings. The molecule has 0 unspecified atom stereocenters. The van der Waals surface area contributed by atoms with Crippen LogP contribution in [0.15, 0.2) is 29.8 Å². The SMILES string of the molecule is O=C(CNc1nccs1)Nc1ccc2c(c1)OCO2. The Morgan fingerprint density at radius 1 is 1.37 bits per heavy atom. The molecular formula is C12H11N3O3S. The molecule has 0 saturated heterocycles. The molecule has 0 bridgehead atoms. The summed E-state index contributed by atoms with van der Waals surface area (Å²) in [5.41, 5.74) is 0.676. The van der Waals surface area contributed by atoms with Gasteiger partial charge in [0.2, 0.25) is 12.7 Å². The molecule has 6 nitrogen and oxygen atoms in total. The number of rotatable bonds is 4. The third-order valence-electron chi connectivity index (χ3n) is 2.49. The summed E-state index contributed by atoms with van der Waals surface area (Å²) in [6.07, 6.45) is 1.68. The van der Waals surface area contributed by atoms with E-state index in [1.54, 1.807) is 24.4 Å². The van der Waals surface area contributed by atoms with Crippen LogP contribution in [0.25, 0.3) is 0 Å². The quantitative estimate of drug-likeness (QED) is 0.893. The number of nitrogens with one attached hydrogen (secondary N) is 2. The van der Waals surface area contributed by atoms with E-state index in [0.29, 0.717) is 17.2 Å². The van der Waals surface area contributed by atoms with Gasteiger partial charge in [-0.15, -0.1) is 11.3 Å². The molecule has 1 aromatic carbocycles. The standard InChI is InChI=1S/C12H11N3O3S/c16-11(6-14-12-13-3-4-19-12)15-8-1-2-9-10(5-8)18-7-17-9/h1-5H,6-7H2,(H,13,14)(H,15,16). The summed E-state index contributed by atoms with van der Waals surface area (Å²) in [5, 5.41) is 8.28. The normalized spacial score (nSPS) is 12.2. The van der Waals surface area contributed by atoms with E-state index in [2.05, 4.69) is 15.6 Å². The fourth-order valence-corrected chi connectivity index (χ4v) is 2.17. The van der Waals surface area contributed by atoms with Gasteiger partial charge in [-0.25, -0.2) is 4.98 Å². The third kappa shape index (κ3) is 2.76. The third-order valence-corrected chi connectivity index (χ3v) is 3.22. The zero-order valence-electron chi connectivity index (χ0n) is 9.88. The number of fused-ring (bicyclic) bond motifs is 1. The van der Waals surface area contributed by atoms with Gasteiger partial charge in [0.05, 0.1) is 6.54 Å². The van der Waals surface area contributed by atoms with Crippen LogP contribution < -0.4 is 20.1 Å². The first-order chi connectivity index (χ1) is 9.31. The van der Waals surface area contributed by atoms with Gasteiger partial charge in [-0.05, 0) is 12.1 Å². The van der Waals surface area contributed by atoms with Crippen LogP contribution >= 0.6 is 11.3 Å². The number of nitrogens with zero attached hydrogens (tertiary/aromatic N) is 1. The summed E-state index contributed by atoms with van der Waals surface area (Å²) >= 11 is 1.45. The second-order valence-corrected chi connectivity index (χ2v) is 4.70. The van der Waals surface area contributed by atoms with Crippen LogP contribution in [0, 0.1) is 0 Å². The smallest absolute Gasteiger partial charge is 0.243 e. The molecule has 2 heterocycles. The van der Waals surface area contributed by atoms with Crippen LogP contribution in [0.2, 0.25) is 0 Å². The van der Waals surface area contributed by atoms with Crippen molar-refractivity contribution >= 4 is 28.1 Å². The van der Waals surface area contributed by atoms with Crippen LogP contribution in [0.3, 0.4) is 0 Å². The largest absolute Gasteiger partial charge is 0.454 e. The van der Waals surface area contributed by atoms with Crippen LogP contribution in [-0.4, -0.2) is 24.2 Å². The Bertz CT molecular complexity index is 586. The van der Waals surface area contributed by atoms with Crippen LogP contribution in [0.5, 0.6) is 11.5 Å². The Labute approximate surface area is 113 Å². The maximum absolute atomic E-state index is 11.7. The fraction of sp³-hybridized carbons (Fsp3) is 0.167. The first kappa shape index (κ1) is 11.8. The van der Waals surface area contributed by atoms with Crippen molar-refractivity contribution in [3.8, 4) is 11.5 Å². The van der Waals surface area contributed by atoms with Gasteiger partial charge in [0.1, 0.15) is 0 Å². The molecule has 0 saturated carbocycles. The summed E-state index contributed by atoms with van der Waals surface area (Å²) in [6, 6.07) is 5.28. The van der Waals surface area contributed by atoms with Crippen molar-refractivity contribution < 1.29 is 14.3 Å². The number of aromatic nitrogens is 1. The molecule has 1 aliphatic heterocycles. The highest BCUT2D eigenvalue weighted by Gasteiger charge is 2.14. The predicted molar refractivity (Wildman–Crippen MR) is 71.8 cm³/mol. The van der Waals surface area contributed by atoms with Gasteiger partial charge >= 0.3 is 0 Å². The topological polar surface area (TPSA) is 72.5 Å². The molecule has 1 aliphatic rings. The van der Waals surface area contributed by atoms with E-state index in [9.17, 15) is 4.79 Å². The fourth-order valence-electron chi connectivity index (χ4n) is 1.65. The molecule has 0 radical (unpaired) electrons. The summed E-state index contributed by atoms with van der Waals surface area (Å²) in [4.78, 5) is 15.8. The Morgan fingerprint density at radius 3 is 3.11 bits per heavy atom. The maximum Gasteiger partial charge on any atom is 0.243 e. The number of anilines is 2. The van der Waals surface area contributed by atoms with Gasteiger partial charge < -0.3 is 20.1 Å². The Morgan fingerprint density at radius 2 is 2.26 bits per heavy atom. The summed E-state index contributed by atoms with van der Waals surface area (Å²) < 4.78 is 10.4. The molecule has 0 spiro atoms. The van der Waals surface area contributed by atoms with Gasteiger partial charge in [0.25, 0.3) is 0 Å². The number of hydrogen-bond acceptors (Lipinski definition) is 6. The van der Waals surface area contributed by atoms with Crippen molar-refractivity contribution in [1.29, 1.82) is 0 Å². The van der Waals surface area contributed by atoms with Crippen molar-refractivity contribution in [3.63, 3.8) is 0 Å². The van der Waals surface area contributed by atoms with E-state index in [1.807, 2.05) is 5.38 Å². The van der Waals surface area contributed by atoms with Gasteiger partial charge in [0.15, 0.2) is 16.6 Å². The summed E-state index contributed by atoms with van der Waals surface area (Å²) in [5.74, 6) is 1.19. The Balaban J connectivity index is 1.57. The minimum Gasteiger partial charge on any atom is -0.454 e. The van der Waals surface area contributed by atoms with Crippen molar-refractivity contribution in [2.75, 3.05) is 24.0 Å². The predicted octanol–water partition coefficient (Wildman–Crippen LogP) is 1.92. The van der Waals surface area contributed by atoms with Gasteiger partial charge in [-0.3, -0.25) is 4.79 Å². The molecule has 19 heavy (non-hydrogen) atoms. The van der Waals surface area contributed by atoms with E-state index in [1.165, 1.54) is 11.3 Å². The first-order valence-electron chi connectivity index (χ1n) is 5.64. The van der Waals surface area contributed by atoms with Crippen molar-refractivity contribution in [2.45, 2.75) is 0 Å². The Hall–Kier alpha value is -2.28. The second-order valence-electron chi connectivity index (χ2n) is 3.81. The molecular weight excluding hydrogens is 266 g/mol. The minimum atomic E-state index is -0.144. The van der Waals surface area contributed by atoms with Gasteiger partial charge in [-0.2, -0.15) is 0 Å². The molecule has 3 rings (SSSR count). The zero-order chi connectivity index (χ0) is 13.1. The number of carbonyl (C=O) groups is 1. The molecule has 1 amide bonds. The van der Waals surface area contributed by atoms with Crippen molar-refractivity contribution in [2.24, 2.45) is 0 Å². The van der Waals surface area contributed by atoms with Crippen LogP contribution in [0.1, 0.15) is 0 Å². The van der Waals surface area contributed by atoms with Crippen molar-refractivity contribution in [3.05, 3.63) is 29.8 Å². The van der Waals surface area contributed by atoms with E-state index in [4.69, 9.17) is 9.47 Å². The summed E-state index contributed by atoms with van der Waals surface area (Å²) in [6.45, 7) is 0.389. The highest BCUT2D eigenvalue weighted by Crippen LogP contribution is 2.34. The molecule has 7 heteroatoms. The number of thiazole rings is 1. The van der Waals surface area contributed by atoms with Gasteiger partial charge in [-0.1, -0.05) is 0 Å². The second kappa shape index (κ2) is 5.15. The van der Waals surface area contributed by atoms with E-state index in [0.717, 1.165) is 5.13 Å². The number of hydrogen-bond donors (Lipinski definition) is 2. The number of carbonyl (C=O) groups excluding carboxylic acids is 1. The molecule has 0 atom stereocenters. The average molecular weight is 277 g/mol. The lowest BCUT2D eigenvalue weighted by Crippen LogP contribution is -2.21. The molecule has 0 aliphatic carbocycles. The van der Waals surface area contributed by atoms with Crippen LogP contribution in [-0.2, 0) is 4.79 Å². The minimum absolute atomic E-state index is 0.144. The van der Waals surface area contributed by atoms with Crippen LogP contribution in [0.4, 0.5) is 10.8 Å². The molecule has 1 aromatic heterocycles. The molecule has 0 fully saturated rings. The lowest BCUT2D eigenvalue weighted by atomic mass is 10.3. The van der Waals surface area contributed by atoms with Gasteiger partial charge in [0, 0.05) is 23.3 Å². The summed E-state index contributed by atoms with van der Waals surface area (Å²) in [7, 11) is 0. The van der Waals surface area contributed by atoms with E-state index < -0.39 is 0 Å². The first-order valence-corrected chi connectivity index (χ1v) is 6.52. The highest BCUT2D eigenvalue weighted by atomic mass is 32.1. The van der Waals surface area contributed by atoms with Crippen molar-refractivity contribution in [1.82, 2.24) is 4.98 Å². The number of amides is 1. The maximum atomic E-state index is 11.7. The molecule has 2 N–H and O–H groups in total. The highest BCUT2D eigenvalue weighted by molar-refractivity contribution is 7.13. The monoisotopic (exact) mass is 277 g/mol. The zero-order valence-corrected chi connectivity index (χ0v) is 10.7. The number of ether oxygens (including phenoxy) is 2. The van der Waals surface area contributed by atoms with E-state index in [-0.39, 0.29) is 19.2 Å².